The quantitative estimate of drug-likeness (QED) is 0.389. The molecule has 1 nitrogen and oxygen atoms in total. The van der Waals surface area contributed by atoms with E-state index >= 15 is 0 Å². The van der Waals surface area contributed by atoms with Crippen LogP contribution in [-0.4, -0.2) is 11.2 Å². The Morgan fingerprint density at radius 1 is 0.806 bits per heavy atom. The van der Waals surface area contributed by atoms with Crippen LogP contribution in [0.25, 0.3) is 0 Å². The molecule has 5 rings (SSSR count). The van der Waals surface area contributed by atoms with Crippen LogP contribution < -0.4 is 0 Å². The molecule has 0 spiro atoms. The molecule has 1 N–H and O–H groups in total. The molecule has 0 aliphatic heterocycles. The Labute approximate surface area is 192 Å². The molecule has 0 radical (unpaired) electrons. The predicted octanol–water partition coefficient (Wildman–Crippen LogP) is 8.02. The fourth-order valence-electron chi connectivity index (χ4n) is 10.8. The Bertz CT molecular complexity index is 779. The van der Waals surface area contributed by atoms with Gasteiger partial charge in [0.25, 0.3) is 0 Å². The summed E-state index contributed by atoms with van der Waals surface area (Å²) in [5.74, 6) is 3.90. The van der Waals surface area contributed by atoms with Gasteiger partial charge < -0.3 is 5.11 Å². The number of fused-ring (bicyclic) bond motifs is 7. The van der Waals surface area contributed by atoms with Crippen molar-refractivity contribution in [2.24, 2.45) is 56.7 Å². The highest BCUT2D eigenvalue weighted by Crippen LogP contribution is 2.75. The van der Waals surface area contributed by atoms with Crippen LogP contribution in [0, 0.1) is 56.7 Å². The van der Waals surface area contributed by atoms with Gasteiger partial charge in [-0.15, -0.1) is 0 Å². The molecule has 5 aliphatic carbocycles. The summed E-state index contributed by atoms with van der Waals surface area (Å²) in [6.07, 6.45) is 14.5. The number of hydrogen-bond acceptors (Lipinski definition) is 1. The van der Waals surface area contributed by atoms with E-state index in [9.17, 15) is 5.11 Å². The van der Waals surface area contributed by atoms with Crippen molar-refractivity contribution in [1.29, 1.82) is 0 Å². The van der Waals surface area contributed by atoms with Crippen molar-refractivity contribution >= 4 is 0 Å². The van der Waals surface area contributed by atoms with E-state index in [0.717, 1.165) is 30.1 Å². The monoisotopic (exact) mass is 426 g/mol. The van der Waals surface area contributed by atoms with Crippen LogP contribution in [0.5, 0.6) is 0 Å². The van der Waals surface area contributed by atoms with E-state index in [-0.39, 0.29) is 11.5 Å². The summed E-state index contributed by atoms with van der Waals surface area (Å²) in [6.45, 7) is 20.5. The zero-order valence-electron chi connectivity index (χ0n) is 21.9. The van der Waals surface area contributed by atoms with Crippen molar-refractivity contribution in [2.75, 3.05) is 0 Å². The average Bonchev–Trinajstić information content (AvgIpc) is 2.69. The first-order valence-corrected chi connectivity index (χ1v) is 13.7. The summed E-state index contributed by atoms with van der Waals surface area (Å²) in [7, 11) is 0. The van der Waals surface area contributed by atoms with Crippen molar-refractivity contribution in [2.45, 2.75) is 119 Å². The number of aliphatic hydroxyl groups excluding tert-OH is 1. The molecule has 0 heterocycles. The molecule has 0 saturated heterocycles. The maximum atomic E-state index is 10.9. The van der Waals surface area contributed by atoms with E-state index in [1.807, 2.05) is 5.57 Å². The summed E-state index contributed by atoms with van der Waals surface area (Å²) < 4.78 is 0. The first-order valence-electron chi connectivity index (χ1n) is 13.7. The van der Waals surface area contributed by atoms with E-state index in [4.69, 9.17) is 0 Å². The Kier molecular flexibility index (Phi) is 4.82. The molecule has 5 aliphatic rings. The van der Waals surface area contributed by atoms with Crippen LogP contribution in [0.4, 0.5) is 0 Å². The van der Waals surface area contributed by atoms with Crippen molar-refractivity contribution in [3.8, 4) is 0 Å². The Morgan fingerprint density at radius 3 is 2.23 bits per heavy atom. The number of rotatable bonds is 0. The van der Waals surface area contributed by atoms with E-state index < -0.39 is 0 Å². The summed E-state index contributed by atoms with van der Waals surface area (Å²) in [6, 6.07) is 0. The van der Waals surface area contributed by atoms with Gasteiger partial charge in [0.05, 0.1) is 6.10 Å². The van der Waals surface area contributed by atoms with E-state index in [1.165, 1.54) is 51.4 Å². The fourth-order valence-corrected chi connectivity index (χ4v) is 10.8. The fraction of sp³-hybridized carbons (Fsp3) is 0.933. The average molecular weight is 427 g/mol. The van der Waals surface area contributed by atoms with Crippen molar-refractivity contribution in [1.82, 2.24) is 0 Å². The van der Waals surface area contributed by atoms with Crippen LogP contribution in [0.3, 0.4) is 0 Å². The van der Waals surface area contributed by atoms with E-state index in [2.05, 4.69) is 61.5 Å². The van der Waals surface area contributed by atoms with Gasteiger partial charge in [0.2, 0.25) is 0 Å². The van der Waals surface area contributed by atoms with Crippen LogP contribution >= 0.6 is 0 Å². The summed E-state index contributed by atoms with van der Waals surface area (Å²) >= 11 is 0. The van der Waals surface area contributed by atoms with Crippen LogP contribution in [-0.2, 0) is 0 Å². The van der Waals surface area contributed by atoms with E-state index in [0.29, 0.717) is 27.6 Å². The van der Waals surface area contributed by atoms with Crippen molar-refractivity contribution in [3.63, 3.8) is 0 Å². The Hall–Kier alpha value is -0.300. The second kappa shape index (κ2) is 6.64. The predicted molar refractivity (Wildman–Crippen MR) is 131 cm³/mol. The highest BCUT2D eigenvalue weighted by Gasteiger charge is 2.67. The minimum absolute atomic E-state index is 0.0533. The van der Waals surface area contributed by atoms with Gasteiger partial charge in [0.1, 0.15) is 0 Å². The minimum atomic E-state index is -0.125. The summed E-state index contributed by atoms with van der Waals surface area (Å²) in [5, 5.41) is 10.9. The third-order valence-corrected chi connectivity index (χ3v) is 13.4. The highest BCUT2D eigenvalue weighted by atomic mass is 16.3. The number of hydrogen-bond donors (Lipinski definition) is 1. The highest BCUT2D eigenvalue weighted by molar-refractivity contribution is 5.33. The molecule has 176 valence electrons. The molecule has 0 bridgehead atoms. The second-order valence-corrected chi connectivity index (χ2v) is 14.7. The van der Waals surface area contributed by atoms with Crippen molar-refractivity contribution in [3.05, 3.63) is 11.6 Å². The van der Waals surface area contributed by atoms with Crippen molar-refractivity contribution < 1.29 is 5.11 Å². The molecule has 10 atom stereocenters. The molecule has 2 unspecified atom stereocenters. The maximum Gasteiger partial charge on any atom is 0.0594 e. The van der Waals surface area contributed by atoms with Gasteiger partial charge in [-0.2, -0.15) is 0 Å². The lowest BCUT2D eigenvalue weighted by molar-refractivity contribution is -0.203. The van der Waals surface area contributed by atoms with Gasteiger partial charge in [-0.1, -0.05) is 67.0 Å². The lowest BCUT2D eigenvalue weighted by atomic mass is 9.33. The first-order chi connectivity index (χ1) is 14.3. The lowest BCUT2D eigenvalue weighted by Gasteiger charge is -2.71. The van der Waals surface area contributed by atoms with Gasteiger partial charge in [0.15, 0.2) is 0 Å². The molecule has 31 heavy (non-hydrogen) atoms. The molecular weight excluding hydrogens is 376 g/mol. The Balaban J connectivity index is 1.59. The molecule has 0 aromatic rings. The minimum Gasteiger partial charge on any atom is -0.393 e. The van der Waals surface area contributed by atoms with Gasteiger partial charge in [-0.3, -0.25) is 0 Å². The topological polar surface area (TPSA) is 20.2 Å². The molecule has 0 amide bonds. The largest absolute Gasteiger partial charge is 0.393 e. The third kappa shape index (κ3) is 2.65. The zero-order chi connectivity index (χ0) is 22.6. The molecular formula is C30H50O. The SMILES string of the molecule is C[C@H]1[C@H](C)CC[C@]2(C)CC[C@]3(C)C(=CC[C@@H]4[C@@]5(C)CCC(O)C(C)(C)C5CC[C@]43C)[C@H]12. The van der Waals surface area contributed by atoms with Gasteiger partial charge >= 0.3 is 0 Å². The summed E-state index contributed by atoms with van der Waals surface area (Å²) in [4.78, 5) is 0. The first kappa shape index (κ1) is 22.5. The van der Waals surface area contributed by atoms with Gasteiger partial charge in [-0.25, -0.2) is 0 Å². The maximum absolute atomic E-state index is 10.9. The number of aliphatic hydroxyl groups is 1. The molecule has 0 aromatic carbocycles. The molecule has 1 heteroatoms. The smallest absolute Gasteiger partial charge is 0.0594 e. The van der Waals surface area contributed by atoms with E-state index in [1.54, 1.807) is 0 Å². The Morgan fingerprint density at radius 2 is 1.52 bits per heavy atom. The lowest BCUT2D eigenvalue weighted by Crippen LogP contribution is -2.64. The zero-order valence-corrected chi connectivity index (χ0v) is 21.9. The van der Waals surface area contributed by atoms with Crippen LogP contribution in [0.2, 0.25) is 0 Å². The molecule has 4 fully saturated rings. The number of allylic oxidation sites excluding steroid dienone is 2. The van der Waals surface area contributed by atoms with Gasteiger partial charge in [-0.05, 0) is 114 Å². The third-order valence-electron chi connectivity index (χ3n) is 13.4. The standard InChI is InChI=1S/C30H50O/c1-19-11-14-27(5)17-18-29(7)21(25(27)20(19)2)9-10-23-28(6)15-13-24(31)26(3,4)22(28)12-16-30(23,29)8/h9,19-20,22-25,31H,10-18H2,1-8H3/t19-,20+,22?,23-,24?,25+,27-,28+,29-,30-/m1/s1. The van der Waals surface area contributed by atoms with Crippen LogP contribution in [0.15, 0.2) is 11.6 Å². The van der Waals surface area contributed by atoms with Crippen LogP contribution in [0.1, 0.15) is 113 Å². The van der Waals surface area contributed by atoms with Gasteiger partial charge in [0, 0.05) is 0 Å². The normalized spacial score (nSPS) is 58.3. The second-order valence-electron chi connectivity index (χ2n) is 14.7. The molecule has 4 saturated carbocycles. The summed E-state index contributed by atoms with van der Waals surface area (Å²) in [5.41, 5.74) is 3.60. The molecule has 0 aromatic heterocycles.